The Morgan fingerprint density at radius 3 is 2.54 bits per heavy atom. The summed E-state index contributed by atoms with van der Waals surface area (Å²) in [5.41, 5.74) is 3.95. The van der Waals surface area contributed by atoms with Gasteiger partial charge in [0, 0.05) is 31.1 Å². The Balaban J connectivity index is 1.81. The Morgan fingerprint density at radius 2 is 1.79 bits per heavy atom. The van der Waals surface area contributed by atoms with Crippen molar-refractivity contribution in [3.8, 4) is 0 Å². The lowest BCUT2D eigenvalue weighted by Crippen LogP contribution is -2.25. The molecule has 4 heteroatoms. The van der Waals surface area contributed by atoms with Crippen LogP contribution in [0.25, 0.3) is 10.9 Å². The van der Waals surface area contributed by atoms with Crippen LogP contribution in [0.2, 0.25) is 0 Å². The summed E-state index contributed by atoms with van der Waals surface area (Å²) in [6, 6.07) is 18.0. The van der Waals surface area contributed by atoms with Gasteiger partial charge in [-0.3, -0.25) is 4.79 Å². The van der Waals surface area contributed by atoms with Gasteiger partial charge in [0.2, 0.25) is 0 Å². The first-order chi connectivity index (χ1) is 11.7. The molecule has 0 fully saturated rings. The van der Waals surface area contributed by atoms with E-state index in [1.54, 1.807) is 7.11 Å². The van der Waals surface area contributed by atoms with Gasteiger partial charge in [0.05, 0.1) is 6.61 Å². The molecule has 0 bridgehead atoms. The quantitative estimate of drug-likeness (QED) is 0.751. The van der Waals surface area contributed by atoms with E-state index in [1.165, 1.54) is 0 Å². The van der Waals surface area contributed by atoms with E-state index >= 15 is 0 Å². The van der Waals surface area contributed by atoms with E-state index in [2.05, 4.69) is 12.2 Å². The highest BCUT2D eigenvalue weighted by Gasteiger charge is 2.14. The second-order valence-electron chi connectivity index (χ2n) is 5.72. The minimum absolute atomic E-state index is 0.0553. The molecule has 0 aliphatic rings. The zero-order valence-electron chi connectivity index (χ0n) is 14.1. The van der Waals surface area contributed by atoms with E-state index in [9.17, 15) is 4.79 Å². The molecule has 0 spiro atoms. The summed E-state index contributed by atoms with van der Waals surface area (Å²) < 4.78 is 7.27. The maximum atomic E-state index is 12.7. The topological polar surface area (TPSA) is 43.3 Å². The van der Waals surface area contributed by atoms with Gasteiger partial charge < -0.3 is 14.6 Å². The minimum atomic E-state index is -0.0553. The van der Waals surface area contributed by atoms with Gasteiger partial charge in [0.25, 0.3) is 5.91 Å². The number of carbonyl (C=O) groups excluding carboxylic acids is 1. The van der Waals surface area contributed by atoms with E-state index < -0.39 is 0 Å². The molecule has 4 nitrogen and oxygen atoms in total. The van der Waals surface area contributed by atoms with E-state index in [-0.39, 0.29) is 5.91 Å². The number of methoxy groups -OCH3 is 1. The molecule has 0 aliphatic heterocycles. The Hall–Kier alpha value is -2.59. The standard InChI is InChI=1S/C20H22N2O2/c1-3-22-18-11-7-6-8-15(18)12-19(22)20(23)21-13-16-9-4-5-10-17(16)14-24-2/h4-12H,3,13-14H2,1-2H3,(H,21,23). The third-order valence-corrected chi connectivity index (χ3v) is 4.22. The molecular weight excluding hydrogens is 300 g/mol. The van der Waals surface area contributed by atoms with Crippen LogP contribution in [0.5, 0.6) is 0 Å². The Kier molecular flexibility index (Phi) is 4.96. The Bertz CT molecular complexity index is 852. The van der Waals surface area contributed by atoms with Crippen molar-refractivity contribution >= 4 is 16.8 Å². The van der Waals surface area contributed by atoms with Crippen LogP contribution in [0.4, 0.5) is 0 Å². The molecule has 0 saturated heterocycles. The molecule has 0 atom stereocenters. The SMILES string of the molecule is CCn1c(C(=O)NCc2ccccc2COC)cc2ccccc21. The maximum Gasteiger partial charge on any atom is 0.268 e. The second-order valence-corrected chi connectivity index (χ2v) is 5.72. The van der Waals surface area contributed by atoms with Gasteiger partial charge in [0.1, 0.15) is 5.69 Å². The average molecular weight is 322 g/mol. The smallest absolute Gasteiger partial charge is 0.268 e. The lowest BCUT2D eigenvalue weighted by atomic mass is 10.1. The Morgan fingerprint density at radius 1 is 1.08 bits per heavy atom. The number of para-hydroxylation sites is 1. The highest BCUT2D eigenvalue weighted by Crippen LogP contribution is 2.20. The third kappa shape index (κ3) is 3.19. The fourth-order valence-corrected chi connectivity index (χ4v) is 3.03. The van der Waals surface area contributed by atoms with Crippen molar-refractivity contribution in [3.63, 3.8) is 0 Å². The van der Waals surface area contributed by atoms with E-state index in [4.69, 9.17) is 4.74 Å². The molecule has 1 aromatic heterocycles. The third-order valence-electron chi connectivity index (χ3n) is 4.22. The molecule has 3 rings (SSSR count). The summed E-state index contributed by atoms with van der Waals surface area (Å²) in [5, 5.41) is 4.12. The van der Waals surface area contributed by atoms with Crippen molar-refractivity contribution in [1.82, 2.24) is 9.88 Å². The van der Waals surface area contributed by atoms with Crippen LogP contribution in [0.3, 0.4) is 0 Å². The first-order valence-corrected chi connectivity index (χ1v) is 8.16. The number of benzene rings is 2. The minimum Gasteiger partial charge on any atom is -0.380 e. The van der Waals surface area contributed by atoms with Crippen molar-refractivity contribution < 1.29 is 9.53 Å². The number of hydrogen-bond donors (Lipinski definition) is 1. The van der Waals surface area contributed by atoms with Gasteiger partial charge in [-0.25, -0.2) is 0 Å². The fraction of sp³-hybridized carbons (Fsp3) is 0.250. The first-order valence-electron chi connectivity index (χ1n) is 8.16. The molecule has 1 amide bonds. The van der Waals surface area contributed by atoms with Gasteiger partial charge in [-0.15, -0.1) is 0 Å². The Labute approximate surface area is 142 Å². The van der Waals surface area contributed by atoms with Crippen molar-refractivity contribution in [2.24, 2.45) is 0 Å². The molecule has 2 aromatic carbocycles. The largest absolute Gasteiger partial charge is 0.380 e. The van der Waals surface area contributed by atoms with Crippen molar-refractivity contribution in [1.29, 1.82) is 0 Å². The van der Waals surface area contributed by atoms with Crippen LogP contribution in [0.15, 0.2) is 54.6 Å². The highest BCUT2D eigenvalue weighted by molar-refractivity contribution is 5.98. The molecule has 124 valence electrons. The zero-order chi connectivity index (χ0) is 16.9. The number of ether oxygens (including phenoxy) is 1. The summed E-state index contributed by atoms with van der Waals surface area (Å²) in [4.78, 5) is 12.7. The van der Waals surface area contributed by atoms with Crippen molar-refractivity contribution in [2.75, 3.05) is 7.11 Å². The lowest BCUT2D eigenvalue weighted by Gasteiger charge is -2.11. The molecule has 0 radical (unpaired) electrons. The molecular formula is C20H22N2O2. The van der Waals surface area contributed by atoms with E-state index in [0.717, 1.165) is 28.6 Å². The fourth-order valence-electron chi connectivity index (χ4n) is 3.03. The summed E-state index contributed by atoms with van der Waals surface area (Å²) in [6.45, 7) is 3.85. The number of rotatable bonds is 6. The zero-order valence-corrected chi connectivity index (χ0v) is 14.1. The van der Waals surface area contributed by atoms with Crippen LogP contribution in [0, 0.1) is 0 Å². The normalized spacial score (nSPS) is 10.9. The molecule has 24 heavy (non-hydrogen) atoms. The van der Waals surface area contributed by atoms with E-state index in [0.29, 0.717) is 18.8 Å². The molecule has 1 heterocycles. The number of nitrogens with one attached hydrogen (secondary N) is 1. The van der Waals surface area contributed by atoms with Crippen LogP contribution < -0.4 is 5.32 Å². The maximum absolute atomic E-state index is 12.7. The molecule has 0 aliphatic carbocycles. The molecule has 0 unspecified atom stereocenters. The number of aromatic nitrogens is 1. The lowest BCUT2D eigenvalue weighted by molar-refractivity contribution is 0.0941. The molecule has 1 N–H and O–H groups in total. The van der Waals surface area contributed by atoms with Gasteiger partial charge in [-0.1, -0.05) is 42.5 Å². The van der Waals surface area contributed by atoms with E-state index in [1.807, 2.05) is 59.2 Å². The average Bonchev–Trinajstić information content (AvgIpc) is 2.99. The van der Waals surface area contributed by atoms with Crippen LogP contribution in [-0.2, 0) is 24.4 Å². The van der Waals surface area contributed by atoms with Gasteiger partial charge in [0.15, 0.2) is 0 Å². The second kappa shape index (κ2) is 7.32. The number of amides is 1. The number of aryl methyl sites for hydroxylation is 1. The summed E-state index contributed by atoms with van der Waals surface area (Å²) in [6.07, 6.45) is 0. The predicted octanol–water partition coefficient (Wildman–Crippen LogP) is 3.74. The first kappa shape index (κ1) is 16.3. The molecule has 3 aromatic rings. The van der Waals surface area contributed by atoms with Crippen molar-refractivity contribution in [2.45, 2.75) is 26.6 Å². The van der Waals surface area contributed by atoms with Crippen LogP contribution in [0.1, 0.15) is 28.5 Å². The van der Waals surface area contributed by atoms with Crippen molar-refractivity contribution in [3.05, 3.63) is 71.4 Å². The number of hydrogen-bond acceptors (Lipinski definition) is 2. The predicted molar refractivity (Wildman–Crippen MR) is 95.9 cm³/mol. The van der Waals surface area contributed by atoms with Gasteiger partial charge in [-0.05, 0) is 30.2 Å². The summed E-state index contributed by atoms with van der Waals surface area (Å²) >= 11 is 0. The molecule has 0 saturated carbocycles. The highest BCUT2D eigenvalue weighted by atomic mass is 16.5. The number of carbonyl (C=O) groups is 1. The summed E-state index contributed by atoms with van der Waals surface area (Å²) in [5.74, 6) is -0.0553. The van der Waals surface area contributed by atoms with Gasteiger partial charge in [-0.2, -0.15) is 0 Å². The van der Waals surface area contributed by atoms with Crippen LogP contribution >= 0.6 is 0 Å². The van der Waals surface area contributed by atoms with Crippen LogP contribution in [-0.4, -0.2) is 17.6 Å². The number of fused-ring (bicyclic) bond motifs is 1. The monoisotopic (exact) mass is 322 g/mol. The van der Waals surface area contributed by atoms with Gasteiger partial charge >= 0.3 is 0 Å². The number of nitrogens with zero attached hydrogens (tertiary/aromatic N) is 1. The summed E-state index contributed by atoms with van der Waals surface area (Å²) in [7, 11) is 1.68.